The van der Waals surface area contributed by atoms with Gasteiger partial charge in [-0.3, -0.25) is 0 Å². The van der Waals surface area contributed by atoms with Gasteiger partial charge in [0.25, 0.3) is 0 Å². The maximum atomic E-state index is 5.92. The summed E-state index contributed by atoms with van der Waals surface area (Å²) in [4.78, 5) is 0. The number of hydrogen-bond donors (Lipinski definition) is 1. The third kappa shape index (κ3) is 6.53. The quantitative estimate of drug-likeness (QED) is 0.663. The van der Waals surface area contributed by atoms with E-state index in [1.165, 1.54) is 0 Å². The van der Waals surface area contributed by atoms with E-state index in [-0.39, 0.29) is 5.54 Å². The Morgan fingerprint density at radius 2 is 1.82 bits per heavy atom. The van der Waals surface area contributed by atoms with Gasteiger partial charge in [0.05, 0.1) is 6.61 Å². The Labute approximate surface area is 71.3 Å². The van der Waals surface area contributed by atoms with Crippen LogP contribution in [0.25, 0.3) is 0 Å². The minimum atomic E-state index is -1.36. The van der Waals surface area contributed by atoms with E-state index in [2.05, 4.69) is 26.6 Å². The van der Waals surface area contributed by atoms with Crippen LogP contribution in [0.1, 0.15) is 20.3 Å². The molecule has 0 heterocycles. The van der Waals surface area contributed by atoms with Gasteiger partial charge in [-0.25, -0.2) is 0 Å². The molecule has 0 saturated carbocycles. The molecule has 2 nitrogen and oxygen atoms in total. The summed E-state index contributed by atoms with van der Waals surface area (Å²) >= 11 is 0. The molecule has 0 saturated heterocycles. The molecule has 0 aliphatic heterocycles. The average molecular weight is 175 g/mol. The van der Waals surface area contributed by atoms with Crippen molar-refractivity contribution in [3.63, 3.8) is 0 Å². The normalized spacial score (nSPS) is 18.0. The zero-order valence-corrected chi connectivity index (χ0v) is 9.40. The lowest BCUT2D eigenvalue weighted by atomic mass is 10.0. The van der Waals surface area contributed by atoms with Crippen molar-refractivity contribution in [1.29, 1.82) is 0 Å². The molecule has 1 unspecified atom stereocenters. The van der Waals surface area contributed by atoms with Gasteiger partial charge >= 0.3 is 0 Å². The summed E-state index contributed by atoms with van der Waals surface area (Å²) < 4.78 is 5.70. The SMILES string of the molecule is CCC(C)(N)CO[Si](C)(C)C. The van der Waals surface area contributed by atoms with E-state index < -0.39 is 8.32 Å². The number of hydrogen-bond acceptors (Lipinski definition) is 2. The van der Waals surface area contributed by atoms with Gasteiger partial charge < -0.3 is 10.2 Å². The zero-order valence-electron chi connectivity index (χ0n) is 8.40. The molecule has 0 bridgehead atoms. The first-order valence-corrected chi connectivity index (χ1v) is 7.60. The molecule has 0 aromatic heterocycles. The fraction of sp³-hybridized carbons (Fsp3) is 1.00. The topological polar surface area (TPSA) is 35.2 Å². The van der Waals surface area contributed by atoms with E-state index in [9.17, 15) is 0 Å². The summed E-state index contributed by atoms with van der Waals surface area (Å²) in [6.07, 6.45) is 0.970. The van der Waals surface area contributed by atoms with E-state index in [4.69, 9.17) is 10.2 Å². The molecule has 2 N–H and O–H groups in total. The van der Waals surface area contributed by atoms with Crippen molar-refractivity contribution < 1.29 is 4.43 Å². The summed E-state index contributed by atoms with van der Waals surface area (Å²) in [6.45, 7) is 11.4. The minimum Gasteiger partial charge on any atom is -0.416 e. The lowest BCUT2D eigenvalue weighted by molar-refractivity contribution is 0.220. The molecule has 68 valence electrons. The van der Waals surface area contributed by atoms with Gasteiger partial charge in [-0.05, 0) is 33.0 Å². The maximum Gasteiger partial charge on any atom is 0.183 e. The Morgan fingerprint density at radius 3 is 2.09 bits per heavy atom. The highest BCUT2D eigenvalue weighted by Gasteiger charge is 2.21. The van der Waals surface area contributed by atoms with E-state index in [0.717, 1.165) is 6.42 Å². The van der Waals surface area contributed by atoms with Gasteiger partial charge in [0.1, 0.15) is 0 Å². The van der Waals surface area contributed by atoms with E-state index in [0.29, 0.717) is 6.61 Å². The minimum absolute atomic E-state index is 0.139. The maximum absolute atomic E-state index is 5.92. The summed E-state index contributed by atoms with van der Waals surface area (Å²) in [5, 5.41) is 0. The monoisotopic (exact) mass is 175 g/mol. The molecule has 0 aromatic carbocycles. The van der Waals surface area contributed by atoms with Crippen LogP contribution in [0.15, 0.2) is 0 Å². The molecule has 0 fully saturated rings. The highest BCUT2D eigenvalue weighted by Crippen LogP contribution is 2.10. The first-order chi connectivity index (χ1) is 4.77. The van der Waals surface area contributed by atoms with Crippen LogP contribution < -0.4 is 5.73 Å². The lowest BCUT2D eigenvalue weighted by Gasteiger charge is -2.27. The molecule has 0 aliphatic rings. The van der Waals surface area contributed by atoms with Crippen LogP contribution in [0.4, 0.5) is 0 Å². The van der Waals surface area contributed by atoms with Crippen molar-refractivity contribution in [3.8, 4) is 0 Å². The third-order valence-corrected chi connectivity index (χ3v) is 2.65. The Balaban J connectivity index is 3.70. The van der Waals surface area contributed by atoms with Crippen LogP contribution in [0.5, 0.6) is 0 Å². The summed E-state index contributed by atoms with van der Waals surface area (Å²) in [6, 6.07) is 0. The fourth-order valence-electron chi connectivity index (χ4n) is 0.483. The first-order valence-electron chi connectivity index (χ1n) is 4.20. The lowest BCUT2D eigenvalue weighted by Crippen LogP contribution is -2.44. The van der Waals surface area contributed by atoms with Gasteiger partial charge in [-0.2, -0.15) is 0 Å². The molecule has 0 spiro atoms. The molecule has 0 aromatic rings. The van der Waals surface area contributed by atoms with Gasteiger partial charge in [-0.1, -0.05) is 6.92 Å². The second-order valence-electron chi connectivity index (χ2n) is 4.41. The van der Waals surface area contributed by atoms with Gasteiger partial charge in [0, 0.05) is 5.54 Å². The molecular formula is C8H21NOSi. The van der Waals surface area contributed by atoms with Crippen LogP contribution in [0.2, 0.25) is 19.6 Å². The largest absolute Gasteiger partial charge is 0.416 e. The fourth-order valence-corrected chi connectivity index (χ4v) is 1.25. The molecule has 3 heteroatoms. The standard InChI is InChI=1S/C8H21NOSi/c1-6-8(2,9)7-10-11(3,4)5/h6-7,9H2,1-5H3. The van der Waals surface area contributed by atoms with Crippen molar-refractivity contribution >= 4 is 8.32 Å². The summed E-state index contributed by atoms with van der Waals surface area (Å²) in [7, 11) is -1.36. The third-order valence-electron chi connectivity index (χ3n) is 1.64. The second-order valence-corrected chi connectivity index (χ2v) is 8.92. The van der Waals surface area contributed by atoms with E-state index in [1.54, 1.807) is 0 Å². The highest BCUT2D eigenvalue weighted by molar-refractivity contribution is 6.69. The Kier molecular flexibility index (Phi) is 3.74. The molecule has 0 rings (SSSR count). The molecule has 11 heavy (non-hydrogen) atoms. The number of rotatable bonds is 4. The van der Waals surface area contributed by atoms with E-state index >= 15 is 0 Å². The van der Waals surface area contributed by atoms with Crippen LogP contribution in [-0.4, -0.2) is 20.5 Å². The molecule has 0 radical (unpaired) electrons. The highest BCUT2D eigenvalue weighted by atomic mass is 28.4. The van der Waals surface area contributed by atoms with E-state index in [1.807, 2.05) is 6.92 Å². The average Bonchev–Trinajstić information content (AvgIpc) is 1.83. The van der Waals surface area contributed by atoms with Crippen molar-refractivity contribution in [2.45, 2.75) is 45.4 Å². The summed E-state index contributed by atoms with van der Waals surface area (Å²) in [5.41, 5.74) is 5.78. The predicted molar refractivity (Wildman–Crippen MR) is 52.2 cm³/mol. The van der Waals surface area contributed by atoms with Gasteiger partial charge in [-0.15, -0.1) is 0 Å². The van der Waals surface area contributed by atoms with Gasteiger partial charge in [0.15, 0.2) is 8.32 Å². The van der Waals surface area contributed by atoms with Crippen LogP contribution in [0, 0.1) is 0 Å². The Hall–Kier alpha value is 0.137. The smallest absolute Gasteiger partial charge is 0.183 e. The molecule has 1 atom stereocenters. The molecule has 0 aliphatic carbocycles. The van der Waals surface area contributed by atoms with Crippen LogP contribution >= 0.6 is 0 Å². The van der Waals surface area contributed by atoms with Crippen molar-refractivity contribution in [3.05, 3.63) is 0 Å². The first kappa shape index (κ1) is 11.1. The van der Waals surface area contributed by atoms with Gasteiger partial charge in [0.2, 0.25) is 0 Å². The van der Waals surface area contributed by atoms with Crippen LogP contribution in [0.3, 0.4) is 0 Å². The number of nitrogens with two attached hydrogens (primary N) is 1. The van der Waals surface area contributed by atoms with Crippen molar-refractivity contribution in [2.75, 3.05) is 6.61 Å². The Morgan fingerprint density at radius 1 is 1.36 bits per heavy atom. The Bertz CT molecular complexity index is 118. The summed E-state index contributed by atoms with van der Waals surface area (Å²) in [5.74, 6) is 0. The zero-order chi connectivity index (χ0) is 9.12. The predicted octanol–water partition coefficient (Wildman–Crippen LogP) is 1.97. The molecule has 0 amide bonds. The van der Waals surface area contributed by atoms with Crippen molar-refractivity contribution in [2.24, 2.45) is 5.73 Å². The second kappa shape index (κ2) is 3.69. The van der Waals surface area contributed by atoms with Crippen molar-refractivity contribution in [1.82, 2.24) is 0 Å². The molecular weight excluding hydrogens is 154 g/mol. The van der Waals surface area contributed by atoms with Crippen LogP contribution in [-0.2, 0) is 4.43 Å².